The maximum Gasteiger partial charge on any atom is 0.253 e. The van der Waals surface area contributed by atoms with E-state index >= 15 is 0 Å². The first-order valence-electron chi connectivity index (χ1n) is 7.90. The van der Waals surface area contributed by atoms with Crippen molar-refractivity contribution in [2.24, 2.45) is 0 Å². The summed E-state index contributed by atoms with van der Waals surface area (Å²) in [6.07, 6.45) is 0.820. The van der Waals surface area contributed by atoms with Crippen LogP contribution < -0.4 is 15.4 Å². The molecule has 0 aromatic heterocycles. The predicted octanol–water partition coefficient (Wildman–Crippen LogP) is 3.59. The Morgan fingerprint density at radius 1 is 1.20 bits per heavy atom. The van der Waals surface area contributed by atoms with Gasteiger partial charge in [0.05, 0.1) is 23.4 Å². The molecule has 2 rings (SSSR count). The van der Waals surface area contributed by atoms with Gasteiger partial charge >= 0.3 is 0 Å². The Hall–Kier alpha value is -2.53. The maximum absolute atomic E-state index is 12.3. The minimum absolute atomic E-state index is 0.164. The summed E-state index contributed by atoms with van der Waals surface area (Å²) in [6.45, 7) is 1.83. The number of anilines is 1. The van der Waals surface area contributed by atoms with Gasteiger partial charge in [0.1, 0.15) is 5.75 Å². The van der Waals surface area contributed by atoms with Gasteiger partial charge in [0.15, 0.2) is 0 Å². The first-order chi connectivity index (χ1) is 12.0. The molecule has 6 heteroatoms. The third kappa shape index (κ3) is 4.73. The van der Waals surface area contributed by atoms with E-state index in [1.165, 1.54) is 0 Å². The van der Waals surface area contributed by atoms with Crippen molar-refractivity contribution in [3.8, 4) is 5.75 Å². The van der Waals surface area contributed by atoms with Crippen molar-refractivity contribution in [2.45, 2.75) is 19.8 Å². The average molecular weight is 361 g/mol. The zero-order valence-electron chi connectivity index (χ0n) is 14.5. The van der Waals surface area contributed by atoms with E-state index in [2.05, 4.69) is 10.6 Å². The quantitative estimate of drug-likeness (QED) is 0.827. The number of benzene rings is 2. The number of carbonyl (C=O) groups is 2. The van der Waals surface area contributed by atoms with Gasteiger partial charge in [-0.15, -0.1) is 0 Å². The number of methoxy groups -OCH3 is 1. The molecule has 0 spiro atoms. The molecule has 0 radical (unpaired) electrons. The van der Waals surface area contributed by atoms with Crippen LogP contribution in [0.15, 0.2) is 36.4 Å². The van der Waals surface area contributed by atoms with Crippen LogP contribution in [0.1, 0.15) is 27.9 Å². The molecular weight excluding hydrogens is 340 g/mol. The standard InChI is InChI=1S/C19H21ClN2O3/c1-12-5-4-6-15(18(12)19(24)21-2)22-17(23)10-8-13-7-9-16(25-3)14(20)11-13/h4-7,9,11H,8,10H2,1-3H3,(H,21,24)(H,22,23). The fraction of sp³-hybridized carbons (Fsp3) is 0.263. The predicted molar refractivity (Wildman–Crippen MR) is 99.5 cm³/mol. The van der Waals surface area contributed by atoms with Crippen LogP contribution in [0.2, 0.25) is 5.02 Å². The Kier molecular flexibility index (Phi) is 6.42. The minimum atomic E-state index is -0.227. The Balaban J connectivity index is 2.05. The van der Waals surface area contributed by atoms with Crippen LogP contribution in [0, 0.1) is 6.92 Å². The monoisotopic (exact) mass is 360 g/mol. The molecule has 0 aliphatic carbocycles. The summed E-state index contributed by atoms with van der Waals surface area (Å²) < 4.78 is 5.11. The second kappa shape index (κ2) is 8.53. The molecule has 0 saturated carbocycles. The second-order valence-corrected chi connectivity index (χ2v) is 6.00. The summed E-state index contributed by atoms with van der Waals surface area (Å²) in [7, 11) is 3.12. The zero-order valence-corrected chi connectivity index (χ0v) is 15.2. The molecule has 0 heterocycles. The first kappa shape index (κ1) is 18.8. The number of hydrogen-bond acceptors (Lipinski definition) is 3. The molecule has 2 N–H and O–H groups in total. The molecule has 0 unspecified atom stereocenters. The first-order valence-corrected chi connectivity index (χ1v) is 8.28. The lowest BCUT2D eigenvalue weighted by atomic mass is 10.0. The Morgan fingerprint density at radius 2 is 1.96 bits per heavy atom. The van der Waals surface area contributed by atoms with Crippen LogP contribution in [0.4, 0.5) is 5.69 Å². The normalized spacial score (nSPS) is 10.2. The smallest absolute Gasteiger partial charge is 0.253 e. The molecule has 0 aliphatic heterocycles. The number of hydrogen-bond donors (Lipinski definition) is 2. The van der Waals surface area contributed by atoms with Crippen molar-refractivity contribution in [3.05, 3.63) is 58.1 Å². The highest BCUT2D eigenvalue weighted by Gasteiger charge is 2.15. The van der Waals surface area contributed by atoms with Gasteiger partial charge in [-0.05, 0) is 42.7 Å². The van der Waals surface area contributed by atoms with Crippen molar-refractivity contribution in [2.75, 3.05) is 19.5 Å². The molecule has 0 bridgehead atoms. The van der Waals surface area contributed by atoms with Crippen LogP contribution in [0.5, 0.6) is 5.75 Å². The van der Waals surface area contributed by atoms with E-state index in [9.17, 15) is 9.59 Å². The SMILES string of the molecule is CNC(=O)c1c(C)cccc1NC(=O)CCc1ccc(OC)c(Cl)c1. The largest absolute Gasteiger partial charge is 0.495 e. The summed E-state index contributed by atoms with van der Waals surface area (Å²) in [5.74, 6) is 0.211. The molecule has 25 heavy (non-hydrogen) atoms. The van der Waals surface area contributed by atoms with Crippen molar-refractivity contribution in [3.63, 3.8) is 0 Å². The lowest BCUT2D eigenvalue weighted by Crippen LogP contribution is -2.22. The van der Waals surface area contributed by atoms with Crippen LogP contribution in [0.3, 0.4) is 0 Å². The summed E-state index contributed by atoms with van der Waals surface area (Å²) in [4.78, 5) is 24.3. The van der Waals surface area contributed by atoms with E-state index in [0.717, 1.165) is 11.1 Å². The van der Waals surface area contributed by atoms with E-state index < -0.39 is 0 Å². The van der Waals surface area contributed by atoms with E-state index in [1.54, 1.807) is 38.4 Å². The molecule has 2 amide bonds. The molecule has 0 atom stereocenters. The van der Waals surface area contributed by atoms with E-state index in [0.29, 0.717) is 28.4 Å². The fourth-order valence-electron chi connectivity index (χ4n) is 2.53. The lowest BCUT2D eigenvalue weighted by Gasteiger charge is -2.13. The van der Waals surface area contributed by atoms with Gasteiger partial charge in [0.25, 0.3) is 5.91 Å². The van der Waals surface area contributed by atoms with Crippen LogP contribution in [-0.4, -0.2) is 26.0 Å². The van der Waals surface area contributed by atoms with E-state index in [4.69, 9.17) is 16.3 Å². The third-order valence-electron chi connectivity index (χ3n) is 3.86. The molecule has 2 aromatic carbocycles. The molecule has 2 aromatic rings. The van der Waals surface area contributed by atoms with Gasteiger partial charge in [0.2, 0.25) is 5.91 Å². The molecular formula is C19H21ClN2O3. The highest BCUT2D eigenvalue weighted by atomic mass is 35.5. The van der Waals surface area contributed by atoms with Crippen LogP contribution in [0.25, 0.3) is 0 Å². The number of ether oxygens (including phenoxy) is 1. The Bertz CT molecular complexity index is 790. The second-order valence-electron chi connectivity index (χ2n) is 5.59. The topological polar surface area (TPSA) is 67.4 Å². The summed E-state index contributed by atoms with van der Waals surface area (Å²) in [5.41, 5.74) is 2.73. The van der Waals surface area contributed by atoms with Gasteiger partial charge in [-0.3, -0.25) is 9.59 Å². The summed E-state index contributed by atoms with van der Waals surface area (Å²) >= 11 is 6.09. The third-order valence-corrected chi connectivity index (χ3v) is 4.15. The average Bonchev–Trinajstić information content (AvgIpc) is 2.59. The number of rotatable bonds is 6. The van der Waals surface area contributed by atoms with Crippen molar-refractivity contribution in [1.82, 2.24) is 5.32 Å². The Labute approximate surface area is 152 Å². The van der Waals surface area contributed by atoms with Crippen molar-refractivity contribution < 1.29 is 14.3 Å². The van der Waals surface area contributed by atoms with Gasteiger partial charge in [-0.1, -0.05) is 29.8 Å². The number of nitrogens with one attached hydrogen (secondary N) is 2. The van der Waals surface area contributed by atoms with Crippen molar-refractivity contribution in [1.29, 1.82) is 0 Å². The molecule has 0 aliphatic rings. The van der Waals surface area contributed by atoms with Crippen LogP contribution in [-0.2, 0) is 11.2 Å². The number of carbonyl (C=O) groups excluding carboxylic acids is 2. The molecule has 5 nitrogen and oxygen atoms in total. The zero-order chi connectivity index (χ0) is 18.4. The molecule has 0 fully saturated rings. The van der Waals surface area contributed by atoms with Crippen LogP contribution >= 0.6 is 11.6 Å². The Morgan fingerprint density at radius 3 is 2.60 bits per heavy atom. The lowest BCUT2D eigenvalue weighted by molar-refractivity contribution is -0.116. The van der Waals surface area contributed by atoms with Crippen molar-refractivity contribution >= 4 is 29.1 Å². The highest BCUT2D eigenvalue weighted by molar-refractivity contribution is 6.32. The summed E-state index contributed by atoms with van der Waals surface area (Å²) in [5, 5.41) is 5.93. The van der Waals surface area contributed by atoms with Gasteiger partial charge in [0, 0.05) is 13.5 Å². The molecule has 0 saturated heterocycles. The number of aryl methyl sites for hydroxylation is 2. The van der Waals surface area contributed by atoms with E-state index in [1.807, 2.05) is 19.1 Å². The number of amides is 2. The molecule has 132 valence electrons. The minimum Gasteiger partial charge on any atom is -0.495 e. The highest BCUT2D eigenvalue weighted by Crippen LogP contribution is 2.25. The summed E-state index contributed by atoms with van der Waals surface area (Å²) in [6, 6.07) is 10.8. The fourth-order valence-corrected chi connectivity index (χ4v) is 2.81. The maximum atomic E-state index is 12.3. The number of halogens is 1. The van der Waals surface area contributed by atoms with Gasteiger partial charge in [-0.25, -0.2) is 0 Å². The van der Waals surface area contributed by atoms with E-state index in [-0.39, 0.29) is 18.2 Å². The van der Waals surface area contributed by atoms with Gasteiger partial charge < -0.3 is 15.4 Å². The van der Waals surface area contributed by atoms with Gasteiger partial charge in [-0.2, -0.15) is 0 Å².